The van der Waals surface area contributed by atoms with Crippen LogP contribution in [0.4, 0.5) is 0 Å². The van der Waals surface area contributed by atoms with Gasteiger partial charge >= 0.3 is 0 Å². The maximum Gasteiger partial charge on any atom is 0.0336 e. The van der Waals surface area contributed by atoms with Crippen molar-refractivity contribution in [2.45, 2.75) is 57.2 Å². The van der Waals surface area contributed by atoms with Crippen LogP contribution in [-0.2, 0) is 0 Å². The molecule has 0 heterocycles. The maximum atomic E-state index is 6.09. The van der Waals surface area contributed by atoms with E-state index in [1.54, 1.807) is 0 Å². The van der Waals surface area contributed by atoms with E-state index in [9.17, 15) is 0 Å². The van der Waals surface area contributed by atoms with Gasteiger partial charge in [-0.05, 0) is 25.2 Å². The normalized spacial score (nSPS) is 33.3. The highest BCUT2D eigenvalue weighted by Crippen LogP contribution is 2.28. The van der Waals surface area contributed by atoms with E-state index in [1.807, 2.05) is 0 Å². The van der Waals surface area contributed by atoms with E-state index < -0.39 is 0 Å². The summed E-state index contributed by atoms with van der Waals surface area (Å²) in [5.41, 5.74) is 0. The number of hydrogen-bond acceptors (Lipinski definition) is 0. The van der Waals surface area contributed by atoms with Gasteiger partial charge in [-0.15, -0.1) is 11.6 Å². The number of halogens is 1. The van der Waals surface area contributed by atoms with E-state index in [-0.39, 0.29) is 0 Å². The number of alkyl halides is 1. The lowest BCUT2D eigenvalue weighted by atomic mass is 9.96. The van der Waals surface area contributed by atoms with Gasteiger partial charge < -0.3 is 0 Å². The van der Waals surface area contributed by atoms with Gasteiger partial charge in [0.15, 0.2) is 0 Å². The molecule has 0 saturated heterocycles. The molecule has 0 aromatic rings. The summed E-state index contributed by atoms with van der Waals surface area (Å²) in [7, 11) is 0. The molecular weight excluding hydrogens is 156 g/mol. The Kier molecular flexibility index (Phi) is 4.29. The summed E-state index contributed by atoms with van der Waals surface area (Å²) < 4.78 is 0. The molecule has 1 heteroatoms. The molecule has 0 radical (unpaired) electrons. The first-order valence-electron chi connectivity index (χ1n) is 4.97. The lowest BCUT2D eigenvalue weighted by Gasteiger charge is -2.11. The van der Waals surface area contributed by atoms with Crippen LogP contribution in [0.25, 0.3) is 0 Å². The zero-order valence-electron chi connectivity index (χ0n) is 7.48. The van der Waals surface area contributed by atoms with E-state index in [1.165, 1.54) is 44.9 Å². The van der Waals surface area contributed by atoms with Crippen LogP contribution < -0.4 is 0 Å². The van der Waals surface area contributed by atoms with Gasteiger partial charge in [-0.2, -0.15) is 0 Å². The fourth-order valence-electron chi connectivity index (χ4n) is 2.03. The second-order valence-electron chi connectivity index (χ2n) is 3.76. The monoisotopic (exact) mass is 174 g/mol. The van der Waals surface area contributed by atoms with E-state index in [0.29, 0.717) is 5.38 Å². The quantitative estimate of drug-likeness (QED) is 0.439. The van der Waals surface area contributed by atoms with Crippen LogP contribution in [0.5, 0.6) is 0 Å². The molecule has 0 bridgehead atoms. The zero-order valence-corrected chi connectivity index (χ0v) is 8.24. The fraction of sp³-hybridized carbons (Fsp3) is 1.00. The lowest BCUT2D eigenvalue weighted by molar-refractivity contribution is 0.424. The van der Waals surface area contributed by atoms with Crippen LogP contribution in [0.1, 0.15) is 51.9 Å². The van der Waals surface area contributed by atoms with Crippen LogP contribution in [0.3, 0.4) is 0 Å². The van der Waals surface area contributed by atoms with Gasteiger partial charge in [0.2, 0.25) is 0 Å². The van der Waals surface area contributed by atoms with Crippen molar-refractivity contribution in [3.63, 3.8) is 0 Å². The Bertz CT molecular complexity index is 101. The fourth-order valence-corrected chi connectivity index (χ4v) is 2.31. The lowest BCUT2D eigenvalue weighted by Crippen LogP contribution is -1.98. The Morgan fingerprint density at radius 1 is 1.18 bits per heavy atom. The van der Waals surface area contributed by atoms with Gasteiger partial charge in [-0.1, -0.05) is 32.6 Å². The Morgan fingerprint density at radius 2 is 2.00 bits per heavy atom. The van der Waals surface area contributed by atoms with Gasteiger partial charge in [0, 0.05) is 5.38 Å². The third kappa shape index (κ3) is 3.46. The standard InChI is InChI=1S/C10H19Cl/c1-2-4-9-5-3-6-10(11)8-7-9/h9-10H,2-8H2,1H3. The Labute approximate surface area is 75.3 Å². The summed E-state index contributed by atoms with van der Waals surface area (Å²) >= 11 is 6.09. The maximum absolute atomic E-state index is 6.09. The van der Waals surface area contributed by atoms with Crippen molar-refractivity contribution < 1.29 is 0 Å². The van der Waals surface area contributed by atoms with Crippen molar-refractivity contribution in [2.24, 2.45) is 5.92 Å². The molecule has 0 spiro atoms. The smallest absolute Gasteiger partial charge is 0.0336 e. The van der Waals surface area contributed by atoms with Crippen LogP contribution in [0, 0.1) is 5.92 Å². The summed E-state index contributed by atoms with van der Waals surface area (Å²) in [6.45, 7) is 2.28. The third-order valence-corrected chi connectivity index (χ3v) is 3.15. The highest BCUT2D eigenvalue weighted by atomic mass is 35.5. The molecule has 0 amide bonds. The van der Waals surface area contributed by atoms with E-state index in [0.717, 1.165) is 5.92 Å². The van der Waals surface area contributed by atoms with Gasteiger partial charge in [0.1, 0.15) is 0 Å². The minimum absolute atomic E-state index is 0.483. The first kappa shape index (κ1) is 9.38. The van der Waals surface area contributed by atoms with E-state index in [4.69, 9.17) is 11.6 Å². The highest BCUT2D eigenvalue weighted by Gasteiger charge is 2.15. The van der Waals surface area contributed by atoms with Gasteiger partial charge in [-0.3, -0.25) is 0 Å². The minimum Gasteiger partial charge on any atom is -0.123 e. The predicted octanol–water partition coefficient (Wildman–Crippen LogP) is 3.97. The molecule has 0 N–H and O–H groups in total. The van der Waals surface area contributed by atoms with Crippen LogP contribution >= 0.6 is 11.6 Å². The van der Waals surface area contributed by atoms with E-state index in [2.05, 4.69) is 6.92 Å². The molecule has 1 fully saturated rings. The summed E-state index contributed by atoms with van der Waals surface area (Å²) in [5.74, 6) is 0.990. The Hall–Kier alpha value is 0.290. The molecule has 2 unspecified atom stereocenters. The molecule has 66 valence electrons. The Balaban J connectivity index is 2.22. The molecule has 1 saturated carbocycles. The van der Waals surface area contributed by atoms with Gasteiger partial charge in [0.05, 0.1) is 0 Å². The van der Waals surface area contributed by atoms with Crippen LogP contribution in [-0.4, -0.2) is 5.38 Å². The first-order valence-corrected chi connectivity index (χ1v) is 5.40. The second kappa shape index (κ2) is 5.03. The number of hydrogen-bond donors (Lipinski definition) is 0. The van der Waals surface area contributed by atoms with Crippen molar-refractivity contribution in [1.82, 2.24) is 0 Å². The molecule has 1 rings (SSSR count). The first-order chi connectivity index (χ1) is 5.33. The molecule has 0 aromatic carbocycles. The average Bonchev–Trinajstić information content (AvgIpc) is 2.17. The van der Waals surface area contributed by atoms with Crippen molar-refractivity contribution >= 4 is 11.6 Å². The Morgan fingerprint density at radius 3 is 2.73 bits per heavy atom. The van der Waals surface area contributed by atoms with Crippen LogP contribution in [0.15, 0.2) is 0 Å². The van der Waals surface area contributed by atoms with Crippen molar-refractivity contribution in [1.29, 1.82) is 0 Å². The van der Waals surface area contributed by atoms with Crippen LogP contribution in [0.2, 0.25) is 0 Å². The summed E-state index contributed by atoms with van der Waals surface area (Å²) in [4.78, 5) is 0. The predicted molar refractivity (Wildman–Crippen MR) is 51.1 cm³/mol. The van der Waals surface area contributed by atoms with Crippen molar-refractivity contribution in [3.05, 3.63) is 0 Å². The molecule has 11 heavy (non-hydrogen) atoms. The summed E-state index contributed by atoms with van der Waals surface area (Å²) in [6.07, 6.45) is 9.44. The van der Waals surface area contributed by atoms with Crippen molar-refractivity contribution in [3.8, 4) is 0 Å². The highest BCUT2D eigenvalue weighted by molar-refractivity contribution is 6.20. The molecule has 0 aromatic heterocycles. The molecule has 0 nitrogen and oxygen atoms in total. The SMILES string of the molecule is CCCC1CCCC(Cl)CC1. The van der Waals surface area contributed by atoms with E-state index >= 15 is 0 Å². The number of rotatable bonds is 2. The summed E-state index contributed by atoms with van der Waals surface area (Å²) in [6, 6.07) is 0. The summed E-state index contributed by atoms with van der Waals surface area (Å²) in [5, 5.41) is 0.483. The van der Waals surface area contributed by atoms with Gasteiger partial charge in [-0.25, -0.2) is 0 Å². The van der Waals surface area contributed by atoms with Crippen molar-refractivity contribution in [2.75, 3.05) is 0 Å². The molecular formula is C10H19Cl. The largest absolute Gasteiger partial charge is 0.123 e. The minimum atomic E-state index is 0.483. The zero-order chi connectivity index (χ0) is 8.10. The molecule has 2 atom stereocenters. The van der Waals surface area contributed by atoms with Gasteiger partial charge in [0.25, 0.3) is 0 Å². The third-order valence-electron chi connectivity index (χ3n) is 2.71. The topological polar surface area (TPSA) is 0 Å². The molecule has 0 aliphatic heterocycles. The molecule has 1 aliphatic rings. The second-order valence-corrected chi connectivity index (χ2v) is 4.38. The average molecular weight is 175 g/mol. The molecule has 1 aliphatic carbocycles.